The molecule has 0 atom stereocenters. The van der Waals surface area contributed by atoms with E-state index in [1.54, 1.807) is 24.3 Å². The van der Waals surface area contributed by atoms with E-state index in [0.717, 1.165) is 4.68 Å². The van der Waals surface area contributed by atoms with Crippen molar-refractivity contribution in [2.45, 2.75) is 0 Å². The quantitative estimate of drug-likeness (QED) is 0.731. The van der Waals surface area contributed by atoms with Crippen molar-refractivity contribution in [1.82, 2.24) is 9.78 Å². The van der Waals surface area contributed by atoms with Gasteiger partial charge < -0.3 is 5.11 Å². The number of aromatic hydroxyl groups is 1. The number of rotatable bonds is 1. The van der Waals surface area contributed by atoms with Crippen molar-refractivity contribution in [2.75, 3.05) is 0 Å². The Morgan fingerprint density at radius 3 is 2.64 bits per heavy atom. The van der Waals surface area contributed by atoms with Crippen LogP contribution in [0.3, 0.4) is 0 Å². The van der Waals surface area contributed by atoms with Gasteiger partial charge >= 0.3 is 0 Å². The van der Waals surface area contributed by atoms with Gasteiger partial charge in [0.2, 0.25) is 5.88 Å². The fourth-order valence-corrected chi connectivity index (χ4v) is 1.31. The first-order chi connectivity index (χ1) is 6.74. The molecular formula is C10H8N2O2. The van der Waals surface area contributed by atoms with Gasteiger partial charge in [-0.15, -0.1) is 5.10 Å². The molecule has 0 aliphatic carbocycles. The SMILES string of the molecule is C=Cn1nc(O)c2ccccc2c1=O. The average molecular weight is 188 g/mol. The van der Waals surface area contributed by atoms with Crippen molar-refractivity contribution in [3.8, 4) is 5.88 Å². The van der Waals surface area contributed by atoms with Crippen LogP contribution < -0.4 is 5.56 Å². The van der Waals surface area contributed by atoms with E-state index < -0.39 is 0 Å². The van der Waals surface area contributed by atoms with Crippen molar-refractivity contribution in [1.29, 1.82) is 0 Å². The lowest BCUT2D eigenvalue weighted by Gasteiger charge is -2.02. The molecule has 0 unspecified atom stereocenters. The van der Waals surface area contributed by atoms with Crippen molar-refractivity contribution in [3.63, 3.8) is 0 Å². The van der Waals surface area contributed by atoms with Crippen molar-refractivity contribution in [3.05, 3.63) is 41.2 Å². The molecule has 14 heavy (non-hydrogen) atoms. The highest BCUT2D eigenvalue weighted by Crippen LogP contribution is 2.17. The summed E-state index contributed by atoms with van der Waals surface area (Å²) in [7, 11) is 0. The van der Waals surface area contributed by atoms with Crippen LogP contribution >= 0.6 is 0 Å². The minimum absolute atomic E-state index is 0.167. The Labute approximate surface area is 79.7 Å². The Hall–Kier alpha value is -2.10. The Bertz CT molecular complexity index is 558. The van der Waals surface area contributed by atoms with Gasteiger partial charge in [-0.1, -0.05) is 18.7 Å². The summed E-state index contributed by atoms with van der Waals surface area (Å²) in [6.07, 6.45) is 1.26. The zero-order valence-electron chi connectivity index (χ0n) is 7.34. The average Bonchev–Trinajstić information content (AvgIpc) is 2.23. The van der Waals surface area contributed by atoms with Crippen LogP contribution in [-0.2, 0) is 0 Å². The first-order valence-corrected chi connectivity index (χ1v) is 4.07. The molecule has 4 heteroatoms. The second-order valence-corrected chi connectivity index (χ2v) is 2.80. The van der Waals surface area contributed by atoms with E-state index in [9.17, 15) is 9.90 Å². The summed E-state index contributed by atoms with van der Waals surface area (Å²) in [5.41, 5.74) is -0.284. The van der Waals surface area contributed by atoms with Crippen LogP contribution in [0.1, 0.15) is 0 Å². The molecule has 0 aliphatic heterocycles. The number of aromatic nitrogens is 2. The fourth-order valence-electron chi connectivity index (χ4n) is 1.31. The van der Waals surface area contributed by atoms with Gasteiger partial charge in [0.25, 0.3) is 5.56 Å². The Kier molecular flexibility index (Phi) is 1.81. The molecule has 0 aliphatic rings. The van der Waals surface area contributed by atoms with E-state index >= 15 is 0 Å². The minimum Gasteiger partial charge on any atom is -0.492 e. The molecule has 1 heterocycles. The molecule has 0 bridgehead atoms. The molecule has 0 amide bonds. The molecule has 1 aromatic carbocycles. The molecule has 0 spiro atoms. The molecule has 1 N–H and O–H groups in total. The van der Waals surface area contributed by atoms with Crippen molar-refractivity contribution >= 4 is 17.0 Å². The molecule has 0 saturated heterocycles. The normalized spacial score (nSPS) is 10.3. The first kappa shape index (κ1) is 8.50. The summed E-state index contributed by atoms with van der Waals surface area (Å²) < 4.78 is 1.01. The molecule has 0 radical (unpaired) electrons. The first-order valence-electron chi connectivity index (χ1n) is 4.07. The lowest BCUT2D eigenvalue weighted by Crippen LogP contribution is -2.17. The standard InChI is InChI=1S/C10H8N2O2/c1-2-12-10(14)8-6-4-3-5-7(8)9(13)11-12/h2-6H,1H2,(H,11,13). The van der Waals surface area contributed by atoms with Crippen LogP contribution in [0.4, 0.5) is 0 Å². The van der Waals surface area contributed by atoms with Crippen molar-refractivity contribution in [2.24, 2.45) is 0 Å². The van der Waals surface area contributed by atoms with Gasteiger partial charge in [-0.3, -0.25) is 4.79 Å². The van der Waals surface area contributed by atoms with Crippen LogP contribution in [0.15, 0.2) is 35.6 Å². The highest BCUT2D eigenvalue weighted by Gasteiger charge is 2.06. The number of nitrogens with zero attached hydrogens (tertiary/aromatic N) is 2. The topological polar surface area (TPSA) is 55.1 Å². The maximum Gasteiger partial charge on any atom is 0.279 e. The highest BCUT2D eigenvalue weighted by molar-refractivity contribution is 5.85. The molecule has 1 aromatic heterocycles. The number of fused-ring (bicyclic) bond motifs is 1. The van der Waals surface area contributed by atoms with Crippen LogP contribution in [-0.4, -0.2) is 14.9 Å². The second-order valence-electron chi connectivity index (χ2n) is 2.80. The molecule has 4 nitrogen and oxygen atoms in total. The Morgan fingerprint density at radius 2 is 2.00 bits per heavy atom. The number of benzene rings is 1. The number of hydrogen-bond donors (Lipinski definition) is 1. The van der Waals surface area contributed by atoms with Gasteiger partial charge in [0.05, 0.1) is 10.8 Å². The van der Waals surface area contributed by atoms with E-state index in [1.165, 1.54) is 6.20 Å². The minimum atomic E-state index is -0.284. The fraction of sp³-hybridized carbons (Fsp3) is 0. The Balaban J connectivity index is 3.02. The van der Waals surface area contributed by atoms with Gasteiger partial charge in [0.1, 0.15) is 0 Å². The molecule has 2 rings (SSSR count). The van der Waals surface area contributed by atoms with E-state index in [1.807, 2.05) is 0 Å². The lowest BCUT2D eigenvalue weighted by molar-refractivity contribution is 0.446. The highest BCUT2D eigenvalue weighted by atomic mass is 16.3. The number of hydrogen-bond acceptors (Lipinski definition) is 3. The van der Waals surface area contributed by atoms with Gasteiger partial charge in [-0.2, -0.15) is 0 Å². The zero-order chi connectivity index (χ0) is 10.1. The third kappa shape index (κ3) is 1.08. The van der Waals surface area contributed by atoms with Gasteiger partial charge in [-0.25, -0.2) is 4.68 Å². The third-order valence-corrected chi connectivity index (χ3v) is 1.98. The van der Waals surface area contributed by atoms with E-state index in [0.29, 0.717) is 10.8 Å². The monoisotopic (exact) mass is 188 g/mol. The predicted molar refractivity (Wildman–Crippen MR) is 54.1 cm³/mol. The largest absolute Gasteiger partial charge is 0.492 e. The maximum atomic E-state index is 11.6. The second kappa shape index (κ2) is 2.99. The summed E-state index contributed by atoms with van der Waals surface area (Å²) in [6, 6.07) is 6.75. The van der Waals surface area contributed by atoms with Crippen LogP contribution in [0.2, 0.25) is 0 Å². The van der Waals surface area contributed by atoms with Gasteiger partial charge in [-0.05, 0) is 12.1 Å². The third-order valence-electron chi connectivity index (χ3n) is 1.98. The molecule has 70 valence electrons. The summed E-state index contributed by atoms with van der Waals surface area (Å²) in [6.45, 7) is 3.43. The lowest BCUT2D eigenvalue weighted by atomic mass is 10.2. The van der Waals surface area contributed by atoms with E-state index in [2.05, 4.69) is 11.7 Å². The van der Waals surface area contributed by atoms with E-state index in [4.69, 9.17) is 0 Å². The van der Waals surface area contributed by atoms with Crippen LogP contribution in [0.5, 0.6) is 5.88 Å². The summed E-state index contributed by atoms with van der Waals surface area (Å²) >= 11 is 0. The van der Waals surface area contributed by atoms with Crippen LogP contribution in [0.25, 0.3) is 17.0 Å². The molecule has 2 aromatic rings. The summed E-state index contributed by atoms with van der Waals surface area (Å²) in [4.78, 5) is 11.6. The summed E-state index contributed by atoms with van der Waals surface area (Å²) in [5, 5.41) is 14.0. The van der Waals surface area contributed by atoms with Gasteiger partial charge in [0.15, 0.2) is 0 Å². The maximum absolute atomic E-state index is 11.6. The van der Waals surface area contributed by atoms with Crippen molar-refractivity contribution < 1.29 is 5.11 Å². The van der Waals surface area contributed by atoms with Crippen LogP contribution in [0, 0.1) is 0 Å². The predicted octanol–water partition coefficient (Wildman–Crippen LogP) is 1.20. The summed E-state index contributed by atoms with van der Waals surface area (Å²) in [5.74, 6) is -0.167. The molecular weight excluding hydrogens is 180 g/mol. The molecule has 0 fully saturated rings. The van der Waals surface area contributed by atoms with Gasteiger partial charge in [0, 0.05) is 6.20 Å². The Morgan fingerprint density at radius 1 is 1.36 bits per heavy atom. The zero-order valence-corrected chi connectivity index (χ0v) is 7.34. The smallest absolute Gasteiger partial charge is 0.279 e. The van der Waals surface area contributed by atoms with E-state index in [-0.39, 0.29) is 11.4 Å². The molecule has 0 saturated carbocycles.